The zero-order valence-electron chi connectivity index (χ0n) is 9.76. The average molecular weight is 205 g/mol. The molecule has 2 rings (SSSR count). The number of benzene rings is 1. The number of methoxy groups -OCH3 is 1. The quantitative estimate of drug-likeness (QED) is 0.819. The van der Waals surface area contributed by atoms with E-state index in [1.165, 1.54) is 16.8 Å². The van der Waals surface area contributed by atoms with Crippen LogP contribution >= 0.6 is 0 Å². The normalized spacial score (nSPS) is 23.7. The molecule has 0 aliphatic carbocycles. The molecule has 1 aromatic rings. The molecule has 2 heteroatoms. The molecule has 1 unspecified atom stereocenters. The van der Waals surface area contributed by atoms with Crippen LogP contribution in [0.25, 0.3) is 0 Å². The largest absolute Gasteiger partial charge is 0.382 e. The first-order valence-corrected chi connectivity index (χ1v) is 5.56. The first-order chi connectivity index (χ1) is 7.21. The molecule has 0 aromatic heterocycles. The van der Waals surface area contributed by atoms with E-state index in [0.717, 1.165) is 19.4 Å². The van der Waals surface area contributed by atoms with E-state index in [2.05, 4.69) is 37.4 Å². The minimum Gasteiger partial charge on any atom is -0.382 e. The van der Waals surface area contributed by atoms with Crippen LogP contribution in [0.3, 0.4) is 0 Å². The van der Waals surface area contributed by atoms with Gasteiger partial charge in [-0.3, -0.25) is 0 Å². The van der Waals surface area contributed by atoms with Crippen LogP contribution in [-0.2, 0) is 11.2 Å². The van der Waals surface area contributed by atoms with Crippen LogP contribution in [0.15, 0.2) is 18.2 Å². The molecule has 0 spiro atoms. The number of anilines is 1. The van der Waals surface area contributed by atoms with Gasteiger partial charge in [0.15, 0.2) is 0 Å². The number of hydrogen-bond donors (Lipinski definition) is 1. The fourth-order valence-electron chi connectivity index (χ4n) is 2.41. The molecule has 0 amide bonds. The number of para-hydroxylation sites is 1. The minimum atomic E-state index is 0.114. The second-order valence-electron chi connectivity index (χ2n) is 4.48. The van der Waals surface area contributed by atoms with Gasteiger partial charge in [0.25, 0.3) is 0 Å². The van der Waals surface area contributed by atoms with Crippen LogP contribution in [0.4, 0.5) is 5.69 Å². The molecule has 2 nitrogen and oxygen atoms in total. The Morgan fingerprint density at radius 3 is 2.87 bits per heavy atom. The molecule has 1 aliphatic heterocycles. The lowest BCUT2D eigenvalue weighted by Crippen LogP contribution is -2.40. The van der Waals surface area contributed by atoms with Crippen molar-refractivity contribution >= 4 is 5.69 Å². The molecule has 1 aromatic carbocycles. The average Bonchev–Trinajstić information content (AvgIpc) is 2.59. The third-order valence-electron chi connectivity index (χ3n) is 3.38. The van der Waals surface area contributed by atoms with E-state index in [4.69, 9.17) is 4.74 Å². The van der Waals surface area contributed by atoms with E-state index in [0.29, 0.717) is 0 Å². The minimum absolute atomic E-state index is 0.114. The maximum atomic E-state index is 5.33. The summed E-state index contributed by atoms with van der Waals surface area (Å²) in [5.41, 5.74) is 4.19. The summed E-state index contributed by atoms with van der Waals surface area (Å²) < 4.78 is 5.33. The molecule has 1 N–H and O–H groups in total. The predicted molar refractivity (Wildman–Crippen MR) is 63.4 cm³/mol. The van der Waals surface area contributed by atoms with Crippen molar-refractivity contribution in [1.82, 2.24) is 0 Å². The molecular weight excluding hydrogens is 186 g/mol. The van der Waals surface area contributed by atoms with Crippen LogP contribution in [-0.4, -0.2) is 19.3 Å². The van der Waals surface area contributed by atoms with Crippen molar-refractivity contribution in [2.75, 3.05) is 19.0 Å². The Hall–Kier alpha value is -1.02. The molecule has 1 aliphatic rings. The Labute approximate surface area is 91.6 Å². The molecule has 82 valence electrons. The monoisotopic (exact) mass is 205 g/mol. The first kappa shape index (κ1) is 10.5. The second-order valence-corrected chi connectivity index (χ2v) is 4.48. The Kier molecular flexibility index (Phi) is 2.70. The fourth-order valence-corrected chi connectivity index (χ4v) is 2.41. The summed E-state index contributed by atoms with van der Waals surface area (Å²) in [6.07, 6.45) is 2.17. The third kappa shape index (κ3) is 1.74. The smallest absolute Gasteiger partial charge is 0.0695 e. The highest BCUT2D eigenvalue weighted by atomic mass is 16.5. The molecule has 15 heavy (non-hydrogen) atoms. The lowest BCUT2D eigenvalue weighted by atomic mass is 9.93. The number of nitrogens with one attached hydrogen (secondary N) is 1. The lowest BCUT2D eigenvalue weighted by Gasteiger charge is -2.28. The van der Waals surface area contributed by atoms with E-state index in [1.807, 2.05) is 0 Å². The zero-order chi connectivity index (χ0) is 10.9. The molecule has 0 fully saturated rings. The first-order valence-electron chi connectivity index (χ1n) is 5.56. The topological polar surface area (TPSA) is 21.3 Å². The SMILES string of the molecule is CCC1(COC)Cc2cccc(C)c2N1. The van der Waals surface area contributed by atoms with Crippen LogP contribution in [0.2, 0.25) is 0 Å². The number of hydrogen-bond acceptors (Lipinski definition) is 2. The van der Waals surface area contributed by atoms with Crippen LogP contribution in [0.5, 0.6) is 0 Å². The van der Waals surface area contributed by atoms with Gasteiger partial charge in [-0.05, 0) is 30.9 Å². The van der Waals surface area contributed by atoms with Crippen molar-refractivity contribution < 1.29 is 4.74 Å². The van der Waals surface area contributed by atoms with Gasteiger partial charge in [-0.25, -0.2) is 0 Å². The van der Waals surface area contributed by atoms with Crippen molar-refractivity contribution in [1.29, 1.82) is 0 Å². The van der Waals surface area contributed by atoms with Crippen LogP contribution in [0.1, 0.15) is 24.5 Å². The van der Waals surface area contributed by atoms with Crippen molar-refractivity contribution in [3.05, 3.63) is 29.3 Å². The Balaban J connectivity index is 2.31. The lowest BCUT2D eigenvalue weighted by molar-refractivity contribution is 0.143. The molecule has 0 radical (unpaired) electrons. The van der Waals surface area contributed by atoms with Gasteiger partial charge >= 0.3 is 0 Å². The van der Waals surface area contributed by atoms with E-state index < -0.39 is 0 Å². The van der Waals surface area contributed by atoms with Crippen LogP contribution < -0.4 is 5.32 Å². The maximum Gasteiger partial charge on any atom is 0.0695 e. The predicted octanol–water partition coefficient (Wildman–Crippen LogP) is 2.76. The number of ether oxygens (including phenoxy) is 1. The number of aryl methyl sites for hydroxylation is 1. The molecular formula is C13H19NO. The number of fused-ring (bicyclic) bond motifs is 1. The molecule has 1 atom stereocenters. The van der Waals surface area contributed by atoms with E-state index in [-0.39, 0.29) is 5.54 Å². The van der Waals surface area contributed by atoms with E-state index in [1.54, 1.807) is 7.11 Å². The summed E-state index contributed by atoms with van der Waals surface area (Å²) in [5.74, 6) is 0. The van der Waals surface area contributed by atoms with Crippen molar-refractivity contribution in [3.8, 4) is 0 Å². The highest BCUT2D eigenvalue weighted by Gasteiger charge is 2.35. The summed E-state index contributed by atoms with van der Waals surface area (Å²) in [5, 5.41) is 3.64. The van der Waals surface area contributed by atoms with Gasteiger partial charge in [0.2, 0.25) is 0 Å². The van der Waals surface area contributed by atoms with Gasteiger partial charge in [0.05, 0.1) is 12.1 Å². The maximum absolute atomic E-state index is 5.33. The van der Waals surface area contributed by atoms with Gasteiger partial charge in [-0.15, -0.1) is 0 Å². The molecule has 1 heterocycles. The van der Waals surface area contributed by atoms with Crippen LogP contribution in [0, 0.1) is 6.92 Å². The summed E-state index contributed by atoms with van der Waals surface area (Å²) in [6, 6.07) is 6.50. The Morgan fingerprint density at radius 1 is 1.47 bits per heavy atom. The third-order valence-corrected chi connectivity index (χ3v) is 3.38. The van der Waals surface area contributed by atoms with Crippen molar-refractivity contribution in [2.24, 2.45) is 0 Å². The summed E-state index contributed by atoms with van der Waals surface area (Å²) in [4.78, 5) is 0. The van der Waals surface area contributed by atoms with E-state index in [9.17, 15) is 0 Å². The van der Waals surface area contributed by atoms with Gasteiger partial charge in [0, 0.05) is 12.8 Å². The van der Waals surface area contributed by atoms with Crippen molar-refractivity contribution in [2.45, 2.75) is 32.2 Å². The van der Waals surface area contributed by atoms with Gasteiger partial charge in [-0.1, -0.05) is 25.1 Å². The van der Waals surface area contributed by atoms with Gasteiger partial charge < -0.3 is 10.1 Å². The van der Waals surface area contributed by atoms with Gasteiger partial charge in [0.1, 0.15) is 0 Å². The number of rotatable bonds is 3. The van der Waals surface area contributed by atoms with E-state index >= 15 is 0 Å². The summed E-state index contributed by atoms with van der Waals surface area (Å²) in [7, 11) is 1.77. The highest BCUT2D eigenvalue weighted by Crippen LogP contribution is 2.36. The standard InChI is InChI=1S/C13H19NO/c1-4-13(9-15-3)8-11-7-5-6-10(2)12(11)14-13/h5-7,14H,4,8-9H2,1-3H3. The van der Waals surface area contributed by atoms with Gasteiger partial charge in [-0.2, -0.15) is 0 Å². The summed E-state index contributed by atoms with van der Waals surface area (Å²) >= 11 is 0. The summed E-state index contributed by atoms with van der Waals surface area (Å²) in [6.45, 7) is 5.15. The highest BCUT2D eigenvalue weighted by molar-refractivity contribution is 5.63. The fraction of sp³-hybridized carbons (Fsp3) is 0.538. The van der Waals surface area contributed by atoms with Crippen molar-refractivity contribution in [3.63, 3.8) is 0 Å². The second kappa shape index (κ2) is 3.86. The molecule has 0 bridgehead atoms. The molecule has 0 saturated carbocycles. The Bertz CT molecular complexity index is 362. The Morgan fingerprint density at radius 2 is 2.27 bits per heavy atom. The molecule has 0 saturated heterocycles. The zero-order valence-corrected chi connectivity index (χ0v) is 9.76.